The van der Waals surface area contributed by atoms with E-state index in [9.17, 15) is 4.79 Å². The minimum atomic E-state index is 0.0566. The molecule has 3 heteroatoms. The summed E-state index contributed by atoms with van der Waals surface area (Å²) in [5.74, 6) is 0.275. The van der Waals surface area contributed by atoms with Crippen molar-refractivity contribution >= 4 is 5.91 Å². The van der Waals surface area contributed by atoms with E-state index in [0.29, 0.717) is 6.54 Å². The number of benzene rings is 1. The zero-order chi connectivity index (χ0) is 12.8. The fourth-order valence-electron chi connectivity index (χ4n) is 2.13. The Labute approximate surface area is 108 Å². The number of hydrogen-bond donors (Lipinski definition) is 2. The minimum absolute atomic E-state index is 0.0566. The van der Waals surface area contributed by atoms with E-state index in [1.165, 1.54) is 0 Å². The molecule has 0 saturated carbocycles. The monoisotopic (exact) mass is 245 g/mol. The van der Waals surface area contributed by atoms with E-state index in [-0.39, 0.29) is 18.4 Å². The predicted octanol–water partition coefficient (Wildman–Crippen LogP) is 2.15. The molecule has 0 bridgehead atoms. The number of aliphatic hydroxyl groups excluding tert-OH is 1. The van der Waals surface area contributed by atoms with E-state index >= 15 is 0 Å². The van der Waals surface area contributed by atoms with Crippen molar-refractivity contribution in [3.8, 4) is 0 Å². The quantitative estimate of drug-likeness (QED) is 0.799. The first-order valence-corrected chi connectivity index (χ1v) is 6.41. The van der Waals surface area contributed by atoms with Gasteiger partial charge in [-0.1, -0.05) is 36.4 Å². The summed E-state index contributed by atoms with van der Waals surface area (Å²) in [7, 11) is 0. The first-order valence-electron chi connectivity index (χ1n) is 6.41. The van der Waals surface area contributed by atoms with Gasteiger partial charge in [0.05, 0.1) is 6.61 Å². The smallest absolute Gasteiger partial charge is 0.223 e. The van der Waals surface area contributed by atoms with Gasteiger partial charge in [0, 0.05) is 12.5 Å². The van der Waals surface area contributed by atoms with Gasteiger partial charge in [0.1, 0.15) is 0 Å². The minimum Gasteiger partial charge on any atom is -0.392 e. The van der Waals surface area contributed by atoms with Gasteiger partial charge in [-0.2, -0.15) is 0 Å². The Morgan fingerprint density at radius 2 is 1.94 bits per heavy atom. The molecule has 2 rings (SSSR count). The van der Waals surface area contributed by atoms with E-state index in [1.54, 1.807) is 0 Å². The van der Waals surface area contributed by atoms with Gasteiger partial charge in [-0.15, -0.1) is 0 Å². The fraction of sp³-hybridized carbons (Fsp3) is 0.400. The first-order chi connectivity index (χ1) is 8.79. The van der Waals surface area contributed by atoms with Crippen LogP contribution in [0.4, 0.5) is 0 Å². The Bertz CT molecular complexity index is 423. The lowest BCUT2D eigenvalue weighted by Crippen LogP contribution is -2.30. The highest BCUT2D eigenvalue weighted by atomic mass is 16.3. The molecule has 0 spiro atoms. The van der Waals surface area contributed by atoms with E-state index < -0.39 is 0 Å². The zero-order valence-corrected chi connectivity index (χ0v) is 10.4. The molecule has 0 aromatic heterocycles. The summed E-state index contributed by atoms with van der Waals surface area (Å²) in [5.41, 5.74) is 1.95. The molecule has 2 N–H and O–H groups in total. The Morgan fingerprint density at radius 3 is 2.56 bits per heavy atom. The van der Waals surface area contributed by atoms with Crippen molar-refractivity contribution < 1.29 is 9.90 Å². The van der Waals surface area contributed by atoms with Crippen LogP contribution >= 0.6 is 0 Å². The van der Waals surface area contributed by atoms with E-state index in [4.69, 9.17) is 5.11 Å². The van der Waals surface area contributed by atoms with Gasteiger partial charge in [-0.3, -0.25) is 4.79 Å². The number of aliphatic hydroxyl groups is 1. The highest BCUT2D eigenvalue weighted by molar-refractivity contribution is 5.78. The van der Waals surface area contributed by atoms with Gasteiger partial charge in [0.2, 0.25) is 5.91 Å². The van der Waals surface area contributed by atoms with Crippen LogP contribution in [0.2, 0.25) is 0 Å². The van der Waals surface area contributed by atoms with Gasteiger partial charge >= 0.3 is 0 Å². The fourth-order valence-corrected chi connectivity index (χ4v) is 2.13. The Hall–Kier alpha value is -1.61. The maximum atomic E-state index is 11.9. The first kappa shape index (κ1) is 12.8. The summed E-state index contributed by atoms with van der Waals surface area (Å²) in [4.78, 5) is 11.9. The Kier molecular flexibility index (Phi) is 4.53. The summed E-state index contributed by atoms with van der Waals surface area (Å²) in [6, 6.07) is 7.63. The van der Waals surface area contributed by atoms with Crippen LogP contribution in [0.3, 0.4) is 0 Å². The van der Waals surface area contributed by atoms with Crippen LogP contribution < -0.4 is 5.32 Å². The van der Waals surface area contributed by atoms with Crippen LogP contribution in [0.5, 0.6) is 0 Å². The molecule has 1 aromatic rings. The molecule has 3 nitrogen and oxygen atoms in total. The number of carbonyl (C=O) groups excluding carboxylic acids is 1. The number of nitrogens with one attached hydrogen (secondary N) is 1. The second-order valence-corrected chi connectivity index (χ2v) is 4.67. The number of hydrogen-bond acceptors (Lipinski definition) is 2. The van der Waals surface area contributed by atoms with Crippen LogP contribution in [-0.4, -0.2) is 11.0 Å². The molecule has 1 atom stereocenters. The second kappa shape index (κ2) is 6.36. The highest BCUT2D eigenvalue weighted by Crippen LogP contribution is 2.18. The summed E-state index contributed by atoms with van der Waals surface area (Å²) in [6.07, 6.45) is 7.03. The lowest BCUT2D eigenvalue weighted by atomic mass is 9.93. The van der Waals surface area contributed by atoms with Crippen LogP contribution in [-0.2, 0) is 17.9 Å². The molecule has 1 unspecified atom stereocenters. The molecule has 1 aliphatic rings. The van der Waals surface area contributed by atoms with Crippen LogP contribution in [0.15, 0.2) is 36.4 Å². The average Bonchev–Trinajstić information content (AvgIpc) is 2.46. The molecule has 1 amide bonds. The normalized spacial score (nSPS) is 18.6. The van der Waals surface area contributed by atoms with Crippen molar-refractivity contribution in [3.05, 3.63) is 47.5 Å². The van der Waals surface area contributed by atoms with Gasteiger partial charge in [0.25, 0.3) is 0 Å². The maximum Gasteiger partial charge on any atom is 0.223 e. The molecule has 0 aliphatic heterocycles. The Morgan fingerprint density at radius 1 is 1.22 bits per heavy atom. The van der Waals surface area contributed by atoms with E-state index in [2.05, 4.69) is 17.5 Å². The standard InChI is InChI=1S/C15H19NO2/c17-11-13-8-6-12(7-9-13)10-16-15(18)14-4-2-1-3-5-14/h1-2,6-9,14,17H,3-5,10-11H2,(H,16,18). The van der Waals surface area contributed by atoms with Crippen molar-refractivity contribution in [3.63, 3.8) is 0 Å². The maximum absolute atomic E-state index is 11.9. The second-order valence-electron chi connectivity index (χ2n) is 4.67. The third-order valence-electron chi connectivity index (χ3n) is 3.31. The number of allylic oxidation sites excluding steroid dienone is 2. The van der Waals surface area contributed by atoms with Crippen LogP contribution in [0.25, 0.3) is 0 Å². The van der Waals surface area contributed by atoms with Gasteiger partial charge in [-0.25, -0.2) is 0 Å². The summed E-state index contributed by atoms with van der Waals surface area (Å²) in [5, 5.41) is 11.9. The Balaban J connectivity index is 1.82. The van der Waals surface area contributed by atoms with Gasteiger partial charge < -0.3 is 10.4 Å². The van der Waals surface area contributed by atoms with Gasteiger partial charge in [-0.05, 0) is 30.4 Å². The number of carbonyl (C=O) groups is 1. The van der Waals surface area contributed by atoms with Crippen molar-refractivity contribution in [2.45, 2.75) is 32.4 Å². The number of amides is 1. The molecular formula is C15H19NO2. The largest absolute Gasteiger partial charge is 0.392 e. The third-order valence-corrected chi connectivity index (χ3v) is 3.31. The van der Waals surface area contributed by atoms with Gasteiger partial charge in [0.15, 0.2) is 0 Å². The topological polar surface area (TPSA) is 49.3 Å². The van der Waals surface area contributed by atoms with Crippen LogP contribution in [0.1, 0.15) is 30.4 Å². The highest BCUT2D eigenvalue weighted by Gasteiger charge is 2.17. The van der Waals surface area contributed by atoms with E-state index in [1.807, 2.05) is 24.3 Å². The third kappa shape index (κ3) is 3.44. The zero-order valence-electron chi connectivity index (χ0n) is 10.4. The lowest BCUT2D eigenvalue weighted by Gasteiger charge is -2.17. The SMILES string of the molecule is O=C(NCc1ccc(CO)cc1)C1CC=CCC1. The molecule has 0 saturated heterocycles. The molecule has 18 heavy (non-hydrogen) atoms. The summed E-state index contributed by atoms with van der Waals surface area (Å²) >= 11 is 0. The van der Waals surface area contributed by atoms with Crippen LogP contribution in [0, 0.1) is 5.92 Å². The van der Waals surface area contributed by atoms with Crippen molar-refractivity contribution in [1.82, 2.24) is 5.32 Å². The molecule has 96 valence electrons. The molecule has 0 fully saturated rings. The summed E-state index contributed by atoms with van der Waals surface area (Å²) in [6.45, 7) is 0.617. The molecule has 0 heterocycles. The lowest BCUT2D eigenvalue weighted by molar-refractivity contribution is -0.125. The van der Waals surface area contributed by atoms with E-state index in [0.717, 1.165) is 30.4 Å². The molecular weight excluding hydrogens is 226 g/mol. The number of rotatable bonds is 4. The molecule has 1 aliphatic carbocycles. The van der Waals surface area contributed by atoms with Crippen molar-refractivity contribution in [2.24, 2.45) is 5.92 Å². The average molecular weight is 245 g/mol. The summed E-state index contributed by atoms with van der Waals surface area (Å²) < 4.78 is 0. The molecule has 1 aromatic carbocycles. The van der Waals surface area contributed by atoms with Crippen molar-refractivity contribution in [2.75, 3.05) is 0 Å². The molecule has 0 radical (unpaired) electrons. The predicted molar refractivity (Wildman–Crippen MR) is 70.7 cm³/mol. The van der Waals surface area contributed by atoms with Crippen molar-refractivity contribution in [1.29, 1.82) is 0 Å².